The molecule has 6 aliphatic rings. The van der Waals surface area contributed by atoms with Crippen LogP contribution in [-0.2, 0) is 14.9 Å². The number of para-hydroxylation sites is 1. The molecule has 3 heterocycles. The van der Waals surface area contributed by atoms with E-state index in [0.717, 1.165) is 50.9 Å². The summed E-state index contributed by atoms with van der Waals surface area (Å²) in [5.74, 6) is -0.460. The number of carbonyl (C=O) groups excluding carboxylic acids is 1. The van der Waals surface area contributed by atoms with Crippen LogP contribution in [0.4, 0.5) is 5.69 Å². The number of benzene rings is 1. The summed E-state index contributed by atoms with van der Waals surface area (Å²) in [5.41, 5.74) is 0.0839. The Labute approximate surface area is 153 Å². The third-order valence-electron chi connectivity index (χ3n) is 8.68. The highest BCUT2D eigenvalue weighted by molar-refractivity contribution is 5.87. The lowest BCUT2D eigenvalue weighted by atomic mass is 9.37. The van der Waals surface area contributed by atoms with Gasteiger partial charge in [-0.3, -0.25) is 4.90 Å². The van der Waals surface area contributed by atoms with E-state index in [4.69, 9.17) is 4.74 Å². The number of esters is 1. The number of fused-ring (bicyclic) bond motifs is 3. The van der Waals surface area contributed by atoms with Crippen molar-refractivity contribution in [2.24, 2.45) is 5.41 Å². The molecule has 0 radical (unpaired) electrons. The highest BCUT2D eigenvalue weighted by atomic mass is 16.5. The van der Waals surface area contributed by atoms with Crippen LogP contribution in [0.3, 0.4) is 0 Å². The second kappa shape index (κ2) is 4.45. The van der Waals surface area contributed by atoms with Gasteiger partial charge >= 0.3 is 5.97 Å². The fourth-order valence-electron chi connectivity index (χ4n) is 8.11. The fourth-order valence-corrected chi connectivity index (χ4v) is 8.11. The highest BCUT2D eigenvalue weighted by Gasteiger charge is 2.83. The van der Waals surface area contributed by atoms with Crippen molar-refractivity contribution in [3.8, 4) is 0 Å². The molecule has 26 heavy (non-hydrogen) atoms. The van der Waals surface area contributed by atoms with Gasteiger partial charge in [0.15, 0.2) is 5.60 Å². The number of rotatable bonds is 1. The zero-order chi connectivity index (χ0) is 17.8. The molecular weight excluding hydrogens is 328 g/mol. The topological polar surface area (TPSA) is 61.8 Å². The molecule has 5 unspecified atom stereocenters. The average molecular weight is 354 g/mol. The third-order valence-corrected chi connectivity index (χ3v) is 8.68. The van der Waals surface area contributed by atoms with E-state index in [1.54, 1.807) is 0 Å². The standard InChI is InChI=1S/C21H26N2O3/c1-26-17(24)20(25)13-18-7-4-11-23-12-10-19(16(18)23)14-5-2-3-6-15(14)22-21(19,20)9-8-18/h2-3,5-6,16,22,25H,4,7-13H2,1H3. The van der Waals surface area contributed by atoms with E-state index in [0.29, 0.717) is 12.5 Å². The zero-order valence-corrected chi connectivity index (χ0v) is 15.3. The van der Waals surface area contributed by atoms with Crippen LogP contribution in [0.2, 0.25) is 0 Å². The second-order valence-electron chi connectivity index (χ2n) is 9.23. The number of carbonyl (C=O) groups is 1. The van der Waals surface area contributed by atoms with Crippen LogP contribution in [0.15, 0.2) is 24.3 Å². The number of ether oxygens (including phenoxy) is 1. The largest absolute Gasteiger partial charge is 0.467 e. The van der Waals surface area contributed by atoms with E-state index >= 15 is 0 Å². The number of aliphatic hydroxyl groups is 1. The minimum atomic E-state index is -1.47. The van der Waals surface area contributed by atoms with E-state index in [1.165, 1.54) is 12.7 Å². The van der Waals surface area contributed by atoms with Crippen LogP contribution >= 0.6 is 0 Å². The summed E-state index contributed by atoms with van der Waals surface area (Å²) in [6.45, 7) is 2.20. The molecule has 5 nitrogen and oxygen atoms in total. The molecule has 3 aliphatic heterocycles. The third kappa shape index (κ3) is 1.31. The van der Waals surface area contributed by atoms with Gasteiger partial charge in [0.2, 0.25) is 0 Å². The molecule has 5 atom stereocenters. The van der Waals surface area contributed by atoms with Crippen molar-refractivity contribution in [3.05, 3.63) is 29.8 Å². The first-order chi connectivity index (χ1) is 12.5. The van der Waals surface area contributed by atoms with Crippen molar-refractivity contribution >= 4 is 11.7 Å². The summed E-state index contributed by atoms with van der Waals surface area (Å²) in [6.07, 6.45) is 5.70. The Morgan fingerprint density at radius 1 is 1.23 bits per heavy atom. The van der Waals surface area contributed by atoms with Gasteiger partial charge in [0.1, 0.15) is 0 Å². The molecule has 1 aromatic rings. The summed E-state index contributed by atoms with van der Waals surface area (Å²) in [5, 5.41) is 15.7. The SMILES string of the molecule is COC(=O)C1(O)CC23CCCN4CCC5(c6ccccc6NC15CC2)C43. The molecule has 2 saturated heterocycles. The van der Waals surface area contributed by atoms with E-state index < -0.39 is 17.1 Å². The van der Waals surface area contributed by atoms with Gasteiger partial charge in [0.05, 0.1) is 12.6 Å². The lowest BCUT2D eigenvalue weighted by Gasteiger charge is -2.71. The summed E-state index contributed by atoms with van der Waals surface area (Å²) < 4.78 is 5.18. The monoisotopic (exact) mass is 354 g/mol. The van der Waals surface area contributed by atoms with E-state index in [2.05, 4.69) is 28.4 Å². The van der Waals surface area contributed by atoms with Crippen LogP contribution in [-0.4, -0.2) is 53.4 Å². The van der Waals surface area contributed by atoms with E-state index in [1.807, 2.05) is 6.07 Å². The molecule has 1 aromatic carbocycles. The molecule has 3 spiro atoms. The van der Waals surface area contributed by atoms with Gasteiger partial charge in [0, 0.05) is 17.1 Å². The number of nitrogens with one attached hydrogen (secondary N) is 1. The molecule has 3 saturated carbocycles. The molecule has 138 valence electrons. The number of nitrogens with zero attached hydrogens (tertiary/aromatic N) is 1. The fraction of sp³-hybridized carbons (Fsp3) is 0.667. The molecule has 7 rings (SSSR count). The first-order valence-electron chi connectivity index (χ1n) is 9.96. The molecule has 2 bridgehead atoms. The molecular formula is C21H26N2O3. The van der Waals surface area contributed by atoms with Gasteiger partial charge in [0.25, 0.3) is 0 Å². The number of methoxy groups -OCH3 is 1. The Kier molecular flexibility index (Phi) is 2.65. The lowest BCUT2D eigenvalue weighted by molar-refractivity contribution is -0.223. The molecule has 5 fully saturated rings. The summed E-state index contributed by atoms with van der Waals surface area (Å²) in [7, 11) is 1.41. The quantitative estimate of drug-likeness (QED) is 0.756. The van der Waals surface area contributed by atoms with Crippen LogP contribution in [0.25, 0.3) is 0 Å². The number of piperidine rings is 1. The number of anilines is 1. The van der Waals surface area contributed by atoms with Gasteiger partial charge in [-0.05, 0) is 68.7 Å². The van der Waals surface area contributed by atoms with E-state index in [9.17, 15) is 9.90 Å². The number of hydrogen-bond acceptors (Lipinski definition) is 5. The lowest BCUT2D eigenvalue weighted by Crippen LogP contribution is -2.83. The number of hydrogen-bond donors (Lipinski definition) is 2. The van der Waals surface area contributed by atoms with Crippen LogP contribution < -0.4 is 5.32 Å². The summed E-state index contributed by atoms with van der Waals surface area (Å²) in [6, 6.07) is 8.90. The predicted octanol–water partition coefficient (Wildman–Crippen LogP) is 2.04. The minimum Gasteiger partial charge on any atom is -0.467 e. The van der Waals surface area contributed by atoms with Crippen molar-refractivity contribution < 1.29 is 14.6 Å². The van der Waals surface area contributed by atoms with Crippen molar-refractivity contribution in [3.63, 3.8) is 0 Å². The first-order valence-corrected chi connectivity index (χ1v) is 9.96. The van der Waals surface area contributed by atoms with Crippen molar-refractivity contribution in [2.75, 3.05) is 25.5 Å². The van der Waals surface area contributed by atoms with Gasteiger partial charge in [-0.25, -0.2) is 4.79 Å². The minimum absolute atomic E-state index is 0.0125. The normalized spacial score (nSPS) is 47.7. The Bertz CT molecular complexity index is 827. The van der Waals surface area contributed by atoms with Crippen molar-refractivity contribution in [1.82, 2.24) is 4.90 Å². The van der Waals surface area contributed by atoms with Crippen LogP contribution in [0.1, 0.15) is 44.1 Å². The van der Waals surface area contributed by atoms with Crippen LogP contribution in [0, 0.1) is 5.41 Å². The van der Waals surface area contributed by atoms with Gasteiger partial charge in [-0.2, -0.15) is 0 Å². The van der Waals surface area contributed by atoms with Crippen LogP contribution in [0.5, 0.6) is 0 Å². The average Bonchev–Trinajstić information content (AvgIpc) is 3.20. The Balaban J connectivity index is 1.68. The van der Waals surface area contributed by atoms with E-state index in [-0.39, 0.29) is 10.8 Å². The van der Waals surface area contributed by atoms with Gasteiger partial charge < -0.3 is 15.2 Å². The molecule has 2 N–H and O–H groups in total. The smallest absolute Gasteiger partial charge is 0.340 e. The molecule has 0 amide bonds. The Morgan fingerprint density at radius 2 is 2.08 bits per heavy atom. The summed E-state index contributed by atoms with van der Waals surface area (Å²) in [4.78, 5) is 15.6. The summed E-state index contributed by atoms with van der Waals surface area (Å²) >= 11 is 0. The molecule has 5 heteroatoms. The first kappa shape index (κ1) is 15.5. The second-order valence-corrected chi connectivity index (χ2v) is 9.23. The Hall–Kier alpha value is -1.59. The molecule has 0 aromatic heterocycles. The van der Waals surface area contributed by atoms with Gasteiger partial charge in [-0.1, -0.05) is 18.2 Å². The predicted molar refractivity (Wildman–Crippen MR) is 96.9 cm³/mol. The Morgan fingerprint density at radius 3 is 2.92 bits per heavy atom. The van der Waals surface area contributed by atoms with Crippen molar-refractivity contribution in [1.29, 1.82) is 0 Å². The zero-order valence-electron chi connectivity index (χ0n) is 15.3. The van der Waals surface area contributed by atoms with Gasteiger partial charge in [-0.15, -0.1) is 0 Å². The van der Waals surface area contributed by atoms with Crippen molar-refractivity contribution in [2.45, 2.75) is 61.1 Å². The maximum absolute atomic E-state index is 13.0. The highest BCUT2D eigenvalue weighted by Crippen LogP contribution is 2.75. The molecule has 3 aliphatic carbocycles. The maximum atomic E-state index is 13.0. The maximum Gasteiger partial charge on any atom is 0.340 e.